The monoisotopic (exact) mass is 447 g/mol. The van der Waals surface area contributed by atoms with Gasteiger partial charge in [-0.3, -0.25) is 18.7 Å². The van der Waals surface area contributed by atoms with Gasteiger partial charge in [-0.1, -0.05) is 11.8 Å². The molecule has 2 aromatic heterocycles. The first-order chi connectivity index (χ1) is 14.7. The van der Waals surface area contributed by atoms with E-state index in [0.29, 0.717) is 17.1 Å². The molecule has 0 spiro atoms. The van der Waals surface area contributed by atoms with E-state index in [1.54, 1.807) is 25.1 Å². The standard InChI is InChI=1S/C19H21N5O6S/c1-9(14(25)13-15(20)23(2)19(27)24(3)17(13)26)31-18-22-21-16(30-18)10-6-11(28-4)8-12(7-10)29-5/h6-9H,20H2,1-5H3. The number of Topliss-reactive ketones (excluding diaryl/α,β-unsaturated/α-hetero) is 1. The number of methoxy groups -OCH3 is 2. The Balaban J connectivity index is 1.87. The van der Waals surface area contributed by atoms with Crippen LogP contribution in [0.3, 0.4) is 0 Å². The quantitative estimate of drug-likeness (QED) is 0.413. The molecule has 0 fully saturated rings. The number of thioether (sulfide) groups is 1. The average Bonchev–Trinajstić information content (AvgIpc) is 3.24. The maximum Gasteiger partial charge on any atom is 0.332 e. The summed E-state index contributed by atoms with van der Waals surface area (Å²) in [7, 11) is 5.72. The summed E-state index contributed by atoms with van der Waals surface area (Å²) in [4.78, 5) is 37.3. The third-order valence-electron chi connectivity index (χ3n) is 4.61. The second-order valence-electron chi connectivity index (χ2n) is 6.56. The van der Waals surface area contributed by atoms with Gasteiger partial charge in [0.15, 0.2) is 5.78 Å². The molecule has 2 heterocycles. The van der Waals surface area contributed by atoms with Gasteiger partial charge in [-0.15, -0.1) is 10.2 Å². The lowest BCUT2D eigenvalue weighted by Crippen LogP contribution is -2.42. The van der Waals surface area contributed by atoms with E-state index in [1.165, 1.54) is 28.3 Å². The van der Waals surface area contributed by atoms with Crippen molar-refractivity contribution in [1.29, 1.82) is 0 Å². The van der Waals surface area contributed by atoms with Gasteiger partial charge in [0, 0.05) is 25.7 Å². The SMILES string of the molecule is COc1cc(OC)cc(-c2nnc(SC(C)C(=O)c3c(N)n(C)c(=O)n(C)c3=O)o2)c1. The number of ketones is 1. The molecular weight excluding hydrogens is 426 g/mol. The molecule has 2 N–H and O–H groups in total. The number of carbonyl (C=O) groups excluding carboxylic acids is 1. The van der Waals surface area contributed by atoms with E-state index in [-0.39, 0.29) is 22.5 Å². The summed E-state index contributed by atoms with van der Waals surface area (Å²) < 4.78 is 18.0. The first-order valence-corrected chi connectivity index (χ1v) is 9.89. The van der Waals surface area contributed by atoms with Gasteiger partial charge < -0.3 is 19.6 Å². The number of rotatable bonds is 7. The van der Waals surface area contributed by atoms with Crippen molar-refractivity contribution in [1.82, 2.24) is 19.3 Å². The highest BCUT2D eigenvalue weighted by Crippen LogP contribution is 2.32. The van der Waals surface area contributed by atoms with Crippen molar-refractivity contribution in [3.8, 4) is 23.0 Å². The summed E-state index contributed by atoms with van der Waals surface area (Å²) in [6, 6.07) is 5.11. The molecule has 1 unspecified atom stereocenters. The molecule has 0 aliphatic rings. The topological polar surface area (TPSA) is 144 Å². The lowest BCUT2D eigenvalue weighted by atomic mass is 10.1. The second kappa shape index (κ2) is 8.68. The molecular formula is C19H21N5O6S. The molecule has 164 valence electrons. The molecule has 1 atom stereocenters. The van der Waals surface area contributed by atoms with Crippen LogP contribution in [0.25, 0.3) is 11.5 Å². The van der Waals surface area contributed by atoms with E-state index in [9.17, 15) is 14.4 Å². The van der Waals surface area contributed by atoms with Gasteiger partial charge in [0.1, 0.15) is 22.9 Å². The fourth-order valence-electron chi connectivity index (χ4n) is 2.80. The van der Waals surface area contributed by atoms with Crippen LogP contribution >= 0.6 is 11.8 Å². The zero-order chi connectivity index (χ0) is 22.9. The zero-order valence-electron chi connectivity index (χ0n) is 17.5. The van der Waals surface area contributed by atoms with Crippen LogP contribution in [0.5, 0.6) is 11.5 Å². The summed E-state index contributed by atoms with van der Waals surface area (Å²) in [6.45, 7) is 1.58. The smallest absolute Gasteiger partial charge is 0.332 e. The number of hydrogen-bond acceptors (Lipinski definition) is 10. The summed E-state index contributed by atoms with van der Waals surface area (Å²) in [6.07, 6.45) is 0. The van der Waals surface area contributed by atoms with Gasteiger partial charge in [0.25, 0.3) is 10.8 Å². The minimum atomic E-state index is -0.777. The van der Waals surface area contributed by atoms with Crippen LogP contribution in [0.15, 0.2) is 37.4 Å². The molecule has 31 heavy (non-hydrogen) atoms. The number of aromatic nitrogens is 4. The fourth-order valence-corrected chi connectivity index (χ4v) is 3.55. The van der Waals surface area contributed by atoms with Gasteiger partial charge in [-0.25, -0.2) is 4.79 Å². The largest absolute Gasteiger partial charge is 0.497 e. The highest BCUT2D eigenvalue weighted by Gasteiger charge is 2.27. The number of benzene rings is 1. The number of nitrogen functional groups attached to an aromatic ring is 1. The first kappa shape index (κ1) is 22.2. The molecule has 3 rings (SSSR count). The molecule has 0 saturated heterocycles. The second-order valence-corrected chi connectivity index (χ2v) is 7.86. The summed E-state index contributed by atoms with van der Waals surface area (Å²) in [5.74, 6) is 0.552. The van der Waals surface area contributed by atoms with Gasteiger partial charge in [0.2, 0.25) is 5.89 Å². The maximum atomic E-state index is 12.9. The van der Waals surface area contributed by atoms with Crippen LogP contribution < -0.4 is 26.5 Å². The van der Waals surface area contributed by atoms with Crippen LogP contribution in [0.1, 0.15) is 17.3 Å². The highest BCUT2D eigenvalue weighted by molar-refractivity contribution is 8.00. The van der Waals surface area contributed by atoms with Crippen LogP contribution in [0, 0.1) is 0 Å². The number of hydrogen-bond donors (Lipinski definition) is 1. The van der Waals surface area contributed by atoms with Crippen LogP contribution in [-0.4, -0.2) is 44.6 Å². The van der Waals surface area contributed by atoms with Gasteiger partial charge in [0.05, 0.1) is 19.5 Å². The van der Waals surface area contributed by atoms with Crippen molar-refractivity contribution in [3.63, 3.8) is 0 Å². The fraction of sp³-hybridized carbons (Fsp3) is 0.316. The Morgan fingerprint density at radius 2 is 1.71 bits per heavy atom. The highest BCUT2D eigenvalue weighted by atomic mass is 32.2. The maximum absolute atomic E-state index is 12.9. The number of nitrogens with two attached hydrogens (primary N) is 1. The van der Waals surface area contributed by atoms with Crippen molar-refractivity contribution in [2.24, 2.45) is 14.1 Å². The Hall–Kier alpha value is -3.54. The molecule has 0 bridgehead atoms. The van der Waals surface area contributed by atoms with Gasteiger partial charge >= 0.3 is 5.69 Å². The third kappa shape index (κ3) is 4.19. The van der Waals surface area contributed by atoms with Crippen molar-refractivity contribution >= 4 is 23.4 Å². The molecule has 0 amide bonds. The van der Waals surface area contributed by atoms with E-state index in [1.807, 2.05) is 0 Å². The summed E-state index contributed by atoms with van der Waals surface area (Å²) in [5.41, 5.74) is 4.80. The molecule has 1 aromatic carbocycles. The van der Waals surface area contributed by atoms with E-state index < -0.39 is 22.3 Å². The molecule has 3 aromatic rings. The minimum absolute atomic E-state index is 0.123. The first-order valence-electron chi connectivity index (χ1n) is 9.01. The van der Waals surface area contributed by atoms with Crippen molar-refractivity contribution in [3.05, 3.63) is 44.6 Å². The summed E-state index contributed by atoms with van der Waals surface area (Å²) >= 11 is 0.972. The molecule has 11 nitrogen and oxygen atoms in total. The van der Waals surface area contributed by atoms with Crippen LogP contribution in [-0.2, 0) is 14.1 Å². The Bertz CT molecular complexity index is 1240. The van der Waals surface area contributed by atoms with Gasteiger partial charge in [-0.05, 0) is 19.1 Å². The lowest BCUT2D eigenvalue weighted by Gasteiger charge is -2.13. The van der Waals surface area contributed by atoms with Crippen molar-refractivity contribution in [2.45, 2.75) is 17.4 Å². The number of anilines is 1. The number of nitrogens with zero attached hydrogens (tertiary/aromatic N) is 4. The normalized spacial score (nSPS) is 11.9. The number of carbonyl (C=O) groups is 1. The Kier molecular flexibility index (Phi) is 6.20. The third-order valence-corrected chi connectivity index (χ3v) is 5.54. The predicted octanol–water partition coefficient (Wildman–Crippen LogP) is 1.10. The molecule has 0 saturated carbocycles. The number of ether oxygens (including phenoxy) is 2. The zero-order valence-corrected chi connectivity index (χ0v) is 18.3. The Labute approximate surface area is 180 Å². The van der Waals surface area contributed by atoms with Crippen LogP contribution in [0.2, 0.25) is 0 Å². The molecule has 0 radical (unpaired) electrons. The van der Waals surface area contributed by atoms with Crippen molar-refractivity contribution < 1.29 is 18.7 Å². The molecule has 0 aliphatic carbocycles. The van der Waals surface area contributed by atoms with E-state index in [0.717, 1.165) is 20.9 Å². The average molecular weight is 447 g/mol. The Morgan fingerprint density at radius 3 is 2.29 bits per heavy atom. The lowest BCUT2D eigenvalue weighted by molar-refractivity contribution is 0.0991. The molecule has 12 heteroatoms. The van der Waals surface area contributed by atoms with Gasteiger partial charge in [-0.2, -0.15) is 0 Å². The Morgan fingerprint density at radius 1 is 1.10 bits per heavy atom. The van der Waals surface area contributed by atoms with E-state index in [4.69, 9.17) is 19.6 Å². The van der Waals surface area contributed by atoms with Crippen molar-refractivity contribution in [2.75, 3.05) is 20.0 Å². The van der Waals surface area contributed by atoms with E-state index in [2.05, 4.69) is 10.2 Å². The molecule has 0 aliphatic heterocycles. The summed E-state index contributed by atoms with van der Waals surface area (Å²) in [5, 5.41) is 7.30. The van der Waals surface area contributed by atoms with E-state index >= 15 is 0 Å². The van der Waals surface area contributed by atoms with Crippen LogP contribution in [0.4, 0.5) is 5.82 Å². The predicted molar refractivity (Wildman–Crippen MR) is 114 cm³/mol. The minimum Gasteiger partial charge on any atom is -0.497 e.